The molecule has 2 aromatic carbocycles. The first-order chi connectivity index (χ1) is 15.7. The summed E-state index contributed by atoms with van der Waals surface area (Å²) in [4.78, 5) is 27.9. The van der Waals surface area contributed by atoms with Crippen LogP contribution in [0.2, 0.25) is 5.02 Å². The molecule has 0 radical (unpaired) electrons. The van der Waals surface area contributed by atoms with Crippen molar-refractivity contribution in [1.82, 2.24) is 10.2 Å². The van der Waals surface area contributed by atoms with Crippen molar-refractivity contribution >= 4 is 39.1 Å². The van der Waals surface area contributed by atoms with Crippen LogP contribution >= 0.6 is 11.6 Å². The molecule has 7 nitrogen and oxygen atoms in total. The van der Waals surface area contributed by atoms with E-state index in [4.69, 9.17) is 11.6 Å². The number of sulfonamides is 1. The third-order valence-corrected chi connectivity index (χ3v) is 7.31. The summed E-state index contributed by atoms with van der Waals surface area (Å²) in [5, 5.41) is 3.26. The Morgan fingerprint density at radius 1 is 1.06 bits per heavy atom. The van der Waals surface area contributed by atoms with Gasteiger partial charge in [0.2, 0.25) is 21.8 Å². The van der Waals surface area contributed by atoms with Crippen LogP contribution in [0.15, 0.2) is 54.6 Å². The summed E-state index contributed by atoms with van der Waals surface area (Å²) < 4.78 is 26.1. The van der Waals surface area contributed by atoms with Crippen molar-refractivity contribution in [1.29, 1.82) is 0 Å². The van der Waals surface area contributed by atoms with Gasteiger partial charge in [-0.2, -0.15) is 0 Å². The van der Waals surface area contributed by atoms with E-state index in [1.54, 1.807) is 31.2 Å². The van der Waals surface area contributed by atoms with Gasteiger partial charge in [-0.25, -0.2) is 8.42 Å². The van der Waals surface area contributed by atoms with Gasteiger partial charge in [0.25, 0.3) is 0 Å². The Hall–Kier alpha value is -2.58. The summed E-state index contributed by atoms with van der Waals surface area (Å²) in [6.07, 6.45) is 5.04. The summed E-state index contributed by atoms with van der Waals surface area (Å²) in [5.41, 5.74) is 1.06. The standard InChI is InChI=1S/C24H30ClN3O4S/c1-18(24(30)26-20-12-6-7-13-20)27(16-19-10-4-3-5-11-19)23(29)17-28(33(2,31)32)22-15-9-8-14-21(22)25/h3-5,8-11,14-15,18,20H,6-7,12-13,16-17H2,1-2H3,(H,26,30)/t18-/m0/s1. The topological polar surface area (TPSA) is 86.8 Å². The summed E-state index contributed by atoms with van der Waals surface area (Å²) in [5.74, 6) is -0.729. The predicted molar refractivity (Wildman–Crippen MR) is 130 cm³/mol. The Kier molecular flexibility index (Phi) is 8.37. The molecule has 0 spiro atoms. The average molecular weight is 492 g/mol. The molecular weight excluding hydrogens is 462 g/mol. The highest BCUT2D eigenvalue weighted by molar-refractivity contribution is 7.92. The second kappa shape index (κ2) is 11.0. The molecule has 1 N–H and O–H groups in total. The Bertz CT molecular complexity index is 1070. The fourth-order valence-electron chi connectivity index (χ4n) is 4.00. The SMILES string of the molecule is C[C@@H](C(=O)NC1CCCC1)N(Cc1ccccc1)C(=O)CN(c1ccccc1Cl)S(C)(=O)=O. The van der Waals surface area contributed by atoms with Gasteiger partial charge in [0.1, 0.15) is 12.6 Å². The van der Waals surface area contributed by atoms with Gasteiger partial charge in [-0.3, -0.25) is 13.9 Å². The van der Waals surface area contributed by atoms with Crippen LogP contribution in [-0.2, 0) is 26.2 Å². The first-order valence-electron chi connectivity index (χ1n) is 11.0. The van der Waals surface area contributed by atoms with E-state index in [0.29, 0.717) is 0 Å². The number of halogens is 1. The average Bonchev–Trinajstić information content (AvgIpc) is 3.29. The minimum Gasteiger partial charge on any atom is -0.352 e. The molecule has 2 amide bonds. The molecule has 178 valence electrons. The number of anilines is 1. The number of carbonyl (C=O) groups is 2. The molecule has 0 unspecified atom stereocenters. The van der Waals surface area contributed by atoms with Crippen LogP contribution in [0.3, 0.4) is 0 Å². The van der Waals surface area contributed by atoms with E-state index in [0.717, 1.165) is 41.8 Å². The minimum absolute atomic E-state index is 0.115. The fourth-order valence-corrected chi connectivity index (χ4v) is 5.15. The number of nitrogens with zero attached hydrogens (tertiary/aromatic N) is 2. The summed E-state index contributed by atoms with van der Waals surface area (Å²) in [6, 6.07) is 15.1. The molecule has 0 heterocycles. The number of hydrogen-bond acceptors (Lipinski definition) is 4. The molecule has 1 atom stereocenters. The smallest absolute Gasteiger partial charge is 0.244 e. The van der Waals surface area contributed by atoms with Crippen LogP contribution in [0.5, 0.6) is 0 Å². The summed E-state index contributed by atoms with van der Waals surface area (Å²) in [7, 11) is -3.81. The number of para-hydroxylation sites is 1. The maximum absolute atomic E-state index is 13.5. The molecule has 0 aromatic heterocycles. The largest absolute Gasteiger partial charge is 0.352 e. The van der Waals surface area contributed by atoms with Gasteiger partial charge >= 0.3 is 0 Å². The number of rotatable bonds is 9. The van der Waals surface area contributed by atoms with Crippen LogP contribution in [0, 0.1) is 0 Å². The van der Waals surface area contributed by atoms with Crippen LogP contribution < -0.4 is 9.62 Å². The van der Waals surface area contributed by atoms with Gasteiger partial charge in [-0.1, -0.05) is 66.9 Å². The van der Waals surface area contributed by atoms with Crippen molar-refractivity contribution in [2.75, 3.05) is 17.1 Å². The van der Waals surface area contributed by atoms with Crippen molar-refractivity contribution in [2.24, 2.45) is 0 Å². The lowest BCUT2D eigenvalue weighted by atomic mass is 10.1. The van der Waals surface area contributed by atoms with Crippen molar-refractivity contribution in [3.05, 3.63) is 65.2 Å². The quantitative estimate of drug-likeness (QED) is 0.580. The van der Waals surface area contributed by atoms with Crippen LogP contribution in [0.1, 0.15) is 38.2 Å². The molecule has 2 aromatic rings. The van der Waals surface area contributed by atoms with Gasteiger partial charge in [0.15, 0.2) is 0 Å². The Labute approximate surface area is 200 Å². The van der Waals surface area contributed by atoms with E-state index >= 15 is 0 Å². The van der Waals surface area contributed by atoms with E-state index in [1.807, 2.05) is 30.3 Å². The molecule has 3 rings (SSSR count). The van der Waals surface area contributed by atoms with Crippen molar-refractivity contribution in [2.45, 2.75) is 51.2 Å². The zero-order valence-corrected chi connectivity index (χ0v) is 20.5. The zero-order chi connectivity index (χ0) is 24.0. The lowest BCUT2D eigenvalue weighted by Crippen LogP contribution is -2.52. The molecule has 9 heteroatoms. The highest BCUT2D eigenvalue weighted by atomic mass is 35.5. The summed E-state index contributed by atoms with van der Waals surface area (Å²) in [6.45, 7) is 1.39. The number of carbonyl (C=O) groups excluding carboxylic acids is 2. The highest BCUT2D eigenvalue weighted by Gasteiger charge is 2.31. The Balaban J connectivity index is 1.86. The lowest BCUT2D eigenvalue weighted by molar-refractivity contribution is -0.139. The lowest BCUT2D eigenvalue weighted by Gasteiger charge is -2.32. The van der Waals surface area contributed by atoms with Crippen LogP contribution in [0.25, 0.3) is 0 Å². The van der Waals surface area contributed by atoms with E-state index in [-0.39, 0.29) is 29.2 Å². The van der Waals surface area contributed by atoms with Crippen molar-refractivity contribution in [3.8, 4) is 0 Å². The molecule has 33 heavy (non-hydrogen) atoms. The number of hydrogen-bond donors (Lipinski definition) is 1. The first-order valence-corrected chi connectivity index (χ1v) is 13.3. The minimum atomic E-state index is -3.81. The predicted octanol–water partition coefficient (Wildman–Crippen LogP) is 3.58. The van der Waals surface area contributed by atoms with Crippen LogP contribution in [0.4, 0.5) is 5.69 Å². The fraction of sp³-hybridized carbons (Fsp3) is 0.417. The van der Waals surface area contributed by atoms with Gasteiger partial charge < -0.3 is 10.2 Å². The molecule has 1 aliphatic carbocycles. The van der Waals surface area contributed by atoms with Gasteiger partial charge in [0, 0.05) is 12.6 Å². The van der Waals surface area contributed by atoms with Crippen molar-refractivity contribution < 1.29 is 18.0 Å². The third kappa shape index (κ3) is 6.71. The Morgan fingerprint density at radius 3 is 2.27 bits per heavy atom. The van der Waals surface area contributed by atoms with Gasteiger partial charge in [-0.15, -0.1) is 0 Å². The van der Waals surface area contributed by atoms with E-state index < -0.39 is 28.5 Å². The number of amides is 2. The monoisotopic (exact) mass is 491 g/mol. The van der Waals surface area contributed by atoms with Crippen LogP contribution in [-0.4, -0.2) is 50.0 Å². The molecule has 1 aliphatic rings. The van der Waals surface area contributed by atoms with E-state index in [1.165, 1.54) is 4.90 Å². The maximum Gasteiger partial charge on any atom is 0.244 e. The molecule has 0 bridgehead atoms. The van der Waals surface area contributed by atoms with Crippen molar-refractivity contribution in [3.63, 3.8) is 0 Å². The third-order valence-electron chi connectivity index (χ3n) is 5.86. The second-order valence-corrected chi connectivity index (χ2v) is 10.7. The zero-order valence-electron chi connectivity index (χ0n) is 18.9. The van der Waals surface area contributed by atoms with Gasteiger partial charge in [0.05, 0.1) is 17.0 Å². The first kappa shape index (κ1) is 25.1. The molecule has 1 saturated carbocycles. The molecule has 1 fully saturated rings. The van der Waals surface area contributed by atoms with Gasteiger partial charge in [-0.05, 0) is 37.5 Å². The summed E-state index contributed by atoms with van der Waals surface area (Å²) >= 11 is 6.23. The molecule has 0 saturated heterocycles. The van der Waals surface area contributed by atoms with E-state index in [2.05, 4.69) is 5.32 Å². The molecule has 0 aliphatic heterocycles. The van der Waals surface area contributed by atoms with E-state index in [9.17, 15) is 18.0 Å². The maximum atomic E-state index is 13.5. The number of benzene rings is 2. The molecular formula is C24H30ClN3O4S. The normalized spacial score (nSPS) is 15.1. The Morgan fingerprint density at radius 2 is 1.67 bits per heavy atom. The number of nitrogens with one attached hydrogen (secondary N) is 1. The highest BCUT2D eigenvalue weighted by Crippen LogP contribution is 2.27. The second-order valence-electron chi connectivity index (χ2n) is 8.39.